The molecular formula is C34H32N2. The average molecular weight is 469 g/mol. The molecule has 1 heterocycles. The maximum absolute atomic E-state index is 4.68. The minimum Gasteiger partial charge on any atom is -0.309 e. The fourth-order valence-corrected chi connectivity index (χ4v) is 7.20. The van der Waals surface area contributed by atoms with Gasteiger partial charge >= 0.3 is 0 Å². The molecule has 7 rings (SSSR count). The number of nitrogens with zero attached hydrogens (tertiary/aromatic N) is 2. The van der Waals surface area contributed by atoms with Gasteiger partial charge in [0.15, 0.2) is 0 Å². The Balaban J connectivity index is 1.43. The van der Waals surface area contributed by atoms with Gasteiger partial charge in [0.1, 0.15) is 0 Å². The van der Waals surface area contributed by atoms with Crippen LogP contribution < -0.4 is 4.90 Å². The zero-order valence-corrected chi connectivity index (χ0v) is 21.1. The molecule has 0 saturated heterocycles. The maximum atomic E-state index is 4.68. The van der Waals surface area contributed by atoms with Crippen molar-refractivity contribution >= 4 is 38.7 Å². The quantitative estimate of drug-likeness (QED) is 0.261. The van der Waals surface area contributed by atoms with Crippen LogP contribution in [0.1, 0.15) is 48.3 Å². The Bertz CT molecular complexity index is 1570. The molecule has 0 radical (unpaired) electrons. The summed E-state index contributed by atoms with van der Waals surface area (Å²) in [4.78, 5) is 7.14. The van der Waals surface area contributed by atoms with Crippen molar-refractivity contribution in [2.45, 2.75) is 45.4 Å². The molecule has 4 aromatic carbocycles. The lowest BCUT2D eigenvalue weighted by atomic mass is 9.82. The number of benzene rings is 4. The second kappa shape index (κ2) is 8.48. The predicted molar refractivity (Wildman–Crippen MR) is 152 cm³/mol. The van der Waals surface area contributed by atoms with E-state index in [4.69, 9.17) is 0 Å². The highest BCUT2D eigenvalue weighted by molar-refractivity contribution is 6.00. The molecule has 3 unspecified atom stereocenters. The average Bonchev–Trinajstić information content (AvgIpc) is 3.54. The van der Waals surface area contributed by atoms with Crippen LogP contribution >= 0.6 is 0 Å². The van der Waals surface area contributed by atoms with Gasteiger partial charge < -0.3 is 4.90 Å². The van der Waals surface area contributed by atoms with Gasteiger partial charge in [0.2, 0.25) is 0 Å². The molecule has 0 amide bonds. The molecule has 2 saturated carbocycles. The standard InChI is InChI=1S/C34H32N2/c1-22-17-28(31-20-24-12-13-27(31)19-24)18-23(2)34(22)36(29-15-14-26-9-6-16-35-32(26)21-29)33-11-5-8-25-7-3-4-10-30(25)33/h3-11,14-18,21,24,27,31H,12-13,19-20H2,1-2H3. The third-order valence-electron chi connectivity index (χ3n) is 8.76. The van der Waals surface area contributed by atoms with Gasteiger partial charge in [0, 0.05) is 22.7 Å². The van der Waals surface area contributed by atoms with Gasteiger partial charge in [-0.3, -0.25) is 4.98 Å². The molecule has 1 aromatic heterocycles. The van der Waals surface area contributed by atoms with Gasteiger partial charge in [0.25, 0.3) is 0 Å². The van der Waals surface area contributed by atoms with E-state index < -0.39 is 0 Å². The van der Waals surface area contributed by atoms with Crippen molar-refractivity contribution in [1.82, 2.24) is 4.98 Å². The van der Waals surface area contributed by atoms with Crippen molar-refractivity contribution in [2.24, 2.45) is 11.8 Å². The van der Waals surface area contributed by atoms with Crippen molar-refractivity contribution in [3.05, 3.63) is 108 Å². The Labute approximate surface area is 213 Å². The number of rotatable bonds is 4. The highest BCUT2D eigenvalue weighted by Gasteiger charge is 2.40. The lowest BCUT2D eigenvalue weighted by molar-refractivity contribution is 0.420. The first kappa shape index (κ1) is 21.6. The highest BCUT2D eigenvalue weighted by Crippen LogP contribution is 2.54. The monoisotopic (exact) mass is 468 g/mol. The van der Waals surface area contributed by atoms with Gasteiger partial charge in [-0.1, -0.05) is 67.1 Å². The Morgan fingerprint density at radius 3 is 2.36 bits per heavy atom. The number of pyridine rings is 1. The molecular weight excluding hydrogens is 436 g/mol. The molecule has 2 nitrogen and oxygen atoms in total. The molecule has 3 atom stereocenters. The van der Waals surface area contributed by atoms with Crippen LogP contribution in [0.25, 0.3) is 21.7 Å². The molecule has 2 fully saturated rings. The lowest BCUT2D eigenvalue weighted by Crippen LogP contribution is -2.15. The predicted octanol–water partition coefficient (Wildman–Crippen LogP) is 9.38. The molecule has 36 heavy (non-hydrogen) atoms. The molecule has 5 aromatic rings. The Kier molecular flexibility index (Phi) is 5.09. The first-order valence-corrected chi connectivity index (χ1v) is 13.4. The van der Waals surface area contributed by atoms with E-state index in [2.05, 4.69) is 103 Å². The third-order valence-corrected chi connectivity index (χ3v) is 8.76. The number of aromatic nitrogens is 1. The summed E-state index contributed by atoms with van der Waals surface area (Å²) in [7, 11) is 0. The van der Waals surface area contributed by atoms with E-state index in [1.165, 1.54) is 64.3 Å². The molecule has 2 bridgehead atoms. The lowest BCUT2D eigenvalue weighted by Gasteiger charge is -2.31. The normalized spacial score (nSPS) is 20.9. The van der Waals surface area contributed by atoms with Crippen LogP contribution in [0.2, 0.25) is 0 Å². The molecule has 2 heteroatoms. The molecule has 0 N–H and O–H groups in total. The second-order valence-corrected chi connectivity index (χ2v) is 11.0. The Morgan fingerprint density at radius 1 is 0.750 bits per heavy atom. The van der Waals surface area contributed by atoms with E-state index in [9.17, 15) is 0 Å². The largest absolute Gasteiger partial charge is 0.309 e. The van der Waals surface area contributed by atoms with Crippen LogP contribution in [0.4, 0.5) is 17.1 Å². The van der Waals surface area contributed by atoms with Crippen LogP contribution in [-0.2, 0) is 0 Å². The molecule has 0 spiro atoms. The summed E-state index contributed by atoms with van der Waals surface area (Å²) in [6.07, 6.45) is 7.57. The smallest absolute Gasteiger partial charge is 0.0722 e. The minimum atomic E-state index is 0.742. The van der Waals surface area contributed by atoms with E-state index in [1.807, 2.05) is 12.3 Å². The molecule has 2 aliphatic rings. The molecule has 2 aliphatic carbocycles. The summed E-state index contributed by atoms with van der Waals surface area (Å²) in [5, 5.41) is 3.68. The summed E-state index contributed by atoms with van der Waals surface area (Å²) in [5.74, 6) is 2.59. The van der Waals surface area contributed by atoms with Crippen LogP contribution in [-0.4, -0.2) is 4.98 Å². The van der Waals surface area contributed by atoms with Crippen molar-refractivity contribution in [3.63, 3.8) is 0 Å². The van der Waals surface area contributed by atoms with Crippen LogP contribution in [0.5, 0.6) is 0 Å². The fourth-order valence-electron chi connectivity index (χ4n) is 7.20. The third kappa shape index (κ3) is 3.51. The van der Waals surface area contributed by atoms with E-state index in [0.29, 0.717) is 0 Å². The zero-order valence-electron chi connectivity index (χ0n) is 21.1. The van der Waals surface area contributed by atoms with E-state index in [0.717, 1.165) is 29.0 Å². The number of anilines is 3. The van der Waals surface area contributed by atoms with Gasteiger partial charge in [-0.15, -0.1) is 0 Å². The van der Waals surface area contributed by atoms with Crippen LogP contribution in [0.15, 0.2) is 91.1 Å². The number of fused-ring (bicyclic) bond motifs is 4. The SMILES string of the molecule is Cc1cc(C2CC3CCC2C3)cc(C)c1N(c1ccc2cccnc2c1)c1cccc2ccccc12. The van der Waals surface area contributed by atoms with Crippen molar-refractivity contribution in [1.29, 1.82) is 0 Å². The number of hydrogen-bond donors (Lipinski definition) is 0. The summed E-state index contributed by atoms with van der Waals surface area (Å²) in [6.45, 7) is 4.60. The van der Waals surface area contributed by atoms with Crippen molar-refractivity contribution in [3.8, 4) is 0 Å². The van der Waals surface area contributed by atoms with Crippen molar-refractivity contribution < 1.29 is 0 Å². The minimum absolute atomic E-state index is 0.742. The first-order valence-electron chi connectivity index (χ1n) is 13.4. The highest BCUT2D eigenvalue weighted by atomic mass is 15.1. The second-order valence-electron chi connectivity index (χ2n) is 11.0. The van der Waals surface area contributed by atoms with Crippen molar-refractivity contribution in [2.75, 3.05) is 4.90 Å². The maximum Gasteiger partial charge on any atom is 0.0722 e. The summed E-state index contributed by atoms with van der Waals surface area (Å²) in [5.41, 5.74) is 8.92. The molecule has 178 valence electrons. The number of aryl methyl sites for hydroxylation is 2. The van der Waals surface area contributed by atoms with E-state index in [-0.39, 0.29) is 0 Å². The van der Waals surface area contributed by atoms with E-state index in [1.54, 1.807) is 5.56 Å². The summed E-state index contributed by atoms with van der Waals surface area (Å²) >= 11 is 0. The molecule has 0 aliphatic heterocycles. The van der Waals surface area contributed by atoms with Gasteiger partial charge in [0.05, 0.1) is 16.9 Å². The van der Waals surface area contributed by atoms with E-state index >= 15 is 0 Å². The van der Waals surface area contributed by atoms with Crippen LogP contribution in [0.3, 0.4) is 0 Å². The summed E-state index contributed by atoms with van der Waals surface area (Å²) in [6, 6.07) is 31.2. The fraction of sp³-hybridized carbons (Fsp3) is 0.265. The van der Waals surface area contributed by atoms with Gasteiger partial charge in [-0.05, 0) is 97.2 Å². The Hall–Kier alpha value is -3.65. The van der Waals surface area contributed by atoms with Crippen LogP contribution in [0, 0.1) is 25.7 Å². The zero-order chi connectivity index (χ0) is 24.2. The van der Waals surface area contributed by atoms with Gasteiger partial charge in [-0.2, -0.15) is 0 Å². The summed E-state index contributed by atoms with van der Waals surface area (Å²) < 4.78 is 0. The van der Waals surface area contributed by atoms with Gasteiger partial charge in [-0.25, -0.2) is 0 Å². The first-order chi connectivity index (χ1) is 17.7. The topological polar surface area (TPSA) is 16.1 Å². The Morgan fingerprint density at radius 2 is 1.56 bits per heavy atom. The number of hydrogen-bond acceptors (Lipinski definition) is 2.